The maximum atomic E-state index is 13.3. The number of benzene rings is 2. The molecule has 3 rings (SSSR count). The second-order valence-corrected chi connectivity index (χ2v) is 10.4. The lowest BCUT2D eigenvalue weighted by atomic mass is 9.95. The average Bonchev–Trinajstić information content (AvgIpc) is 2.81. The van der Waals surface area contributed by atoms with E-state index in [4.69, 9.17) is 0 Å². The van der Waals surface area contributed by atoms with Gasteiger partial charge in [0.1, 0.15) is 23.4 Å². The molecule has 1 saturated carbocycles. The summed E-state index contributed by atoms with van der Waals surface area (Å²) in [6, 6.07) is 11.7. The van der Waals surface area contributed by atoms with Gasteiger partial charge in [0.05, 0.1) is 0 Å². The summed E-state index contributed by atoms with van der Waals surface area (Å²) in [6.07, 6.45) is 5.14. The molecule has 9 heteroatoms. The smallest absolute Gasteiger partial charge is 0.243 e. The van der Waals surface area contributed by atoms with Gasteiger partial charge in [-0.3, -0.25) is 23.5 Å². The fourth-order valence-electron chi connectivity index (χ4n) is 4.18. The van der Waals surface area contributed by atoms with Crippen LogP contribution in [0.15, 0.2) is 48.5 Å². The minimum Gasteiger partial charge on any atom is -0.352 e. The Kier molecular flexibility index (Phi) is 9.54. The molecule has 0 bridgehead atoms. The first-order valence-electron chi connectivity index (χ1n) is 11.8. The van der Waals surface area contributed by atoms with Crippen LogP contribution in [0.3, 0.4) is 0 Å². The normalized spacial score (nSPS) is 15.6. The first kappa shape index (κ1) is 26.5. The van der Waals surface area contributed by atoms with Crippen LogP contribution in [-0.2, 0) is 25.2 Å². The predicted molar refractivity (Wildman–Crippen MR) is 136 cm³/mol. The number of carbonyl (C=O) groups is 3. The van der Waals surface area contributed by atoms with Crippen molar-refractivity contribution in [2.24, 2.45) is 0 Å². The number of carbonyl (C=O) groups excluding carboxylic acids is 3. The van der Waals surface area contributed by atoms with Gasteiger partial charge < -0.3 is 10.6 Å². The Morgan fingerprint density at radius 3 is 2.40 bits per heavy atom. The number of aryl methyl sites for hydroxylation is 1. The third kappa shape index (κ3) is 7.99. The van der Waals surface area contributed by atoms with Crippen molar-refractivity contribution in [1.82, 2.24) is 5.32 Å². The monoisotopic (exact) mass is 501 g/mol. The molecule has 2 aromatic carbocycles. The lowest BCUT2D eigenvalue weighted by Gasteiger charge is -2.31. The molecule has 35 heavy (non-hydrogen) atoms. The summed E-state index contributed by atoms with van der Waals surface area (Å²) in [5, 5.41) is 5.60. The third-order valence-electron chi connectivity index (χ3n) is 5.97. The van der Waals surface area contributed by atoms with E-state index in [-0.39, 0.29) is 11.9 Å². The molecule has 188 valence electrons. The van der Waals surface area contributed by atoms with Crippen molar-refractivity contribution in [3.05, 3.63) is 59.9 Å². The molecule has 0 heterocycles. The molecule has 3 amide bonds. The molecule has 0 saturated heterocycles. The van der Waals surface area contributed by atoms with Crippen LogP contribution in [0.25, 0.3) is 0 Å². The summed E-state index contributed by atoms with van der Waals surface area (Å²) in [5.74, 6) is -2.55. The SMILES string of the molecule is Cc1cccc(N(C(=O)C[S@@](=O)CC(=O)Nc2ccc(F)cc2)[C@H](C)C(=O)NC2CCCCC2)c1. The highest BCUT2D eigenvalue weighted by Gasteiger charge is 2.30. The van der Waals surface area contributed by atoms with Crippen molar-refractivity contribution in [3.63, 3.8) is 0 Å². The molecule has 2 atom stereocenters. The van der Waals surface area contributed by atoms with Crippen molar-refractivity contribution in [2.45, 2.75) is 58.0 Å². The number of halogens is 1. The van der Waals surface area contributed by atoms with Crippen LogP contribution in [-0.4, -0.2) is 45.5 Å². The number of anilines is 2. The largest absolute Gasteiger partial charge is 0.352 e. The fourth-order valence-corrected chi connectivity index (χ4v) is 5.06. The number of nitrogens with one attached hydrogen (secondary N) is 2. The van der Waals surface area contributed by atoms with E-state index in [1.54, 1.807) is 25.1 Å². The summed E-state index contributed by atoms with van der Waals surface area (Å²) in [5.41, 5.74) is 1.82. The van der Waals surface area contributed by atoms with Crippen LogP contribution in [0, 0.1) is 12.7 Å². The van der Waals surface area contributed by atoms with Gasteiger partial charge in [-0.15, -0.1) is 0 Å². The van der Waals surface area contributed by atoms with Gasteiger partial charge in [0.15, 0.2) is 0 Å². The molecular weight excluding hydrogens is 469 g/mol. The minimum absolute atomic E-state index is 0.0949. The van der Waals surface area contributed by atoms with E-state index in [2.05, 4.69) is 10.6 Å². The average molecular weight is 502 g/mol. The zero-order valence-electron chi connectivity index (χ0n) is 20.1. The van der Waals surface area contributed by atoms with Crippen molar-refractivity contribution in [3.8, 4) is 0 Å². The van der Waals surface area contributed by atoms with Gasteiger partial charge in [-0.2, -0.15) is 0 Å². The van der Waals surface area contributed by atoms with E-state index in [0.717, 1.165) is 37.7 Å². The second kappa shape index (κ2) is 12.6. The van der Waals surface area contributed by atoms with E-state index < -0.39 is 46.0 Å². The Labute approximate surface area is 207 Å². The second-order valence-electron chi connectivity index (χ2n) is 8.91. The molecule has 0 radical (unpaired) electrons. The molecule has 0 aliphatic heterocycles. The fraction of sp³-hybridized carbons (Fsp3) is 0.423. The Morgan fingerprint density at radius 1 is 1.06 bits per heavy atom. The maximum Gasteiger partial charge on any atom is 0.243 e. The van der Waals surface area contributed by atoms with Crippen molar-refractivity contribution >= 4 is 39.9 Å². The first-order chi connectivity index (χ1) is 16.7. The topological polar surface area (TPSA) is 95.6 Å². The van der Waals surface area contributed by atoms with Crippen LogP contribution in [0.1, 0.15) is 44.6 Å². The summed E-state index contributed by atoms with van der Waals surface area (Å²) in [4.78, 5) is 39.9. The molecule has 1 fully saturated rings. The number of nitrogens with zero attached hydrogens (tertiary/aromatic N) is 1. The van der Waals surface area contributed by atoms with E-state index in [9.17, 15) is 23.0 Å². The van der Waals surface area contributed by atoms with Crippen molar-refractivity contribution < 1.29 is 23.0 Å². The maximum absolute atomic E-state index is 13.3. The molecule has 1 aliphatic rings. The summed E-state index contributed by atoms with van der Waals surface area (Å²) in [7, 11) is -1.80. The Morgan fingerprint density at radius 2 is 1.74 bits per heavy atom. The molecule has 0 aromatic heterocycles. The van der Waals surface area contributed by atoms with Crippen molar-refractivity contribution in [2.75, 3.05) is 21.7 Å². The first-order valence-corrected chi connectivity index (χ1v) is 13.3. The minimum atomic E-state index is -1.80. The molecular formula is C26H32FN3O4S. The van der Waals surface area contributed by atoms with Gasteiger partial charge in [0, 0.05) is 28.2 Å². The number of amides is 3. The zero-order chi connectivity index (χ0) is 25.4. The van der Waals surface area contributed by atoms with Gasteiger partial charge in [0.2, 0.25) is 17.7 Å². The van der Waals surface area contributed by atoms with Gasteiger partial charge in [0.25, 0.3) is 0 Å². The predicted octanol–water partition coefficient (Wildman–Crippen LogP) is 3.69. The quantitative estimate of drug-likeness (QED) is 0.548. The zero-order valence-corrected chi connectivity index (χ0v) is 20.9. The van der Waals surface area contributed by atoms with Crippen LogP contribution in [0.4, 0.5) is 15.8 Å². The Hall–Kier alpha value is -3.07. The summed E-state index contributed by atoms with van der Waals surface area (Å²) in [6.45, 7) is 3.54. The highest BCUT2D eigenvalue weighted by molar-refractivity contribution is 7.86. The van der Waals surface area contributed by atoms with Crippen LogP contribution >= 0.6 is 0 Å². The Balaban J connectivity index is 1.67. The lowest BCUT2D eigenvalue weighted by Crippen LogP contribution is -2.52. The third-order valence-corrected chi connectivity index (χ3v) is 7.12. The standard InChI is InChI=1S/C26H32FN3O4S/c1-18-7-6-10-23(15-18)30(19(2)26(33)29-21-8-4-3-5-9-21)25(32)17-35(34)16-24(31)28-22-13-11-20(27)12-14-22/h6-7,10-15,19,21H,3-5,8-9,16-17H2,1-2H3,(H,28,31)(H,29,33)/t19-,35+/m1/s1. The van der Waals surface area contributed by atoms with E-state index >= 15 is 0 Å². The Bertz CT molecular complexity index is 1070. The highest BCUT2D eigenvalue weighted by Crippen LogP contribution is 2.21. The van der Waals surface area contributed by atoms with Gasteiger partial charge in [-0.05, 0) is 68.7 Å². The van der Waals surface area contributed by atoms with Crippen molar-refractivity contribution in [1.29, 1.82) is 0 Å². The summed E-state index contributed by atoms with van der Waals surface area (Å²) < 4.78 is 25.7. The van der Waals surface area contributed by atoms with Crippen LogP contribution in [0.5, 0.6) is 0 Å². The molecule has 2 aromatic rings. The number of hydrogen-bond donors (Lipinski definition) is 2. The summed E-state index contributed by atoms with van der Waals surface area (Å²) >= 11 is 0. The highest BCUT2D eigenvalue weighted by atomic mass is 32.2. The molecule has 7 nitrogen and oxygen atoms in total. The lowest BCUT2D eigenvalue weighted by molar-refractivity contribution is -0.126. The molecule has 2 N–H and O–H groups in total. The van der Waals surface area contributed by atoms with Crippen LogP contribution in [0.2, 0.25) is 0 Å². The van der Waals surface area contributed by atoms with E-state index in [0.29, 0.717) is 11.4 Å². The van der Waals surface area contributed by atoms with Gasteiger partial charge >= 0.3 is 0 Å². The molecule has 1 aliphatic carbocycles. The van der Waals surface area contributed by atoms with E-state index in [1.165, 1.54) is 29.2 Å². The van der Waals surface area contributed by atoms with Gasteiger partial charge in [-0.1, -0.05) is 31.4 Å². The van der Waals surface area contributed by atoms with E-state index in [1.807, 2.05) is 13.0 Å². The molecule has 0 spiro atoms. The number of rotatable bonds is 9. The molecule has 0 unspecified atom stereocenters. The number of hydrogen-bond acceptors (Lipinski definition) is 4. The van der Waals surface area contributed by atoms with Crippen LogP contribution < -0.4 is 15.5 Å². The van der Waals surface area contributed by atoms with Gasteiger partial charge in [-0.25, -0.2) is 4.39 Å².